The number of hydrogen-bond acceptors (Lipinski definition) is 7. The van der Waals surface area contributed by atoms with Gasteiger partial charge < -0.3 is 20.7 Å². The van der Waals surface area contributed by atoms with Gasteiger partial charge in [0, 0.05) is 34.0 Å². The van der Waals surface area contributed by atoms with E-state index in [9.17, 15) is 18.0 Å². The van der Waals surface area contributed by atoms with E-state index in [0.29, 0.717) is 0 Å². The molecule has 1 aromatic carbocycles. The minimum absolute atomic E-state index is 0.0138. The lowest BCUT2D eigenvalue weighted by Crippen LogP contribution is -2.41. The highest BCUT2D eigenvalue weighted by molar-refractivity contribution is 9.10. The van der Waals surface area contributed by atoms with Crippen LogP contribution in [0.2, 0.25) is 0 Å². The molecule has 0 unspecified atom stereocenters. The van der Waals surface area contributed by atoms with E-state index in [1.54, 1.807) is 0 Å². The molecular weight excluding hydrogens is 622 g/mol. The zero-order valence-electron chi connectivity index (χ0n) is 22.1. The molecule has 4 heterocycles. The smallest absolute Gasteiger partial charge is 0.418 e. The van der Waals surface area contributed by atoms with Gasteiger partial charge in [-0.15, -0.1) is 0 Å². The molecule has 1 fully saturated rings. The van der Waals surface area contributed by atoms with Crippen LogP contribution in [0.3, 0.4) is 0 Å². The molecule has 218 valence electrons. The molecule has 2 aliphatic rings. The molecule has 4 aromatic rings. The molecule has 1 saturated heterocycles. The first-order chi connectivity index (χ1) is 20.1. The Morgan fingerprint density at radius 3 is 2.79 bits per heavy atom. The fourth-order valence-corrected chi connectivity index (χ4v) is 6.13. The number of amides is 1. The van der Waals surface area contributed by atoms with Crippen molar-refractivity contribution in [3.8, 4) is 17.1 Å². The summed E-state index contributed by atoms with van der Waals surface area (Å²) in [4.78, 5) is 23.2. The van der Waals surface area contributed by atoms with Crippen LogP contribution in [0, 0.1) is 0 Å². The normalized spacial score (nSPS) is 18.6. The molecule has 1 aliphatic carbocycles. The average Bonchev–Trinajstić information content (AvgIpc) is 3.54. The van der Waals surface area contributed by atoms with E-state index in [1.807, 2.05) is 23.1 Å². The molecule has 6 rings (SSSR count). The number of aromatic nitrogens is 4. The molecule has 0 saturated carbocycles. The van der Waals surface area contributed by atoms with Crippen molar-refractivity contribution < 1.29 is 27.1 Å². The molecule has 0 bridgehead atoms. The fraction of sp³-hybridized carbons (Fsp3) is 0.286. The van der Waals surface area contributed by atoms with Crippen LogP contribution < -0.4 is 15.8 Å². The molecule has 14 heteroatoms. The van der Waals surface area contributed by atoms with Crippen molar-refractivity contribution in [3.63, 3.8) is 0 Å². The first kappa shape index (κ1) is 27.9. The maximum Gasteiger partial charge on any atom is 0.418 e. The van der Waals surface area contributed by atoms with Crippen molar-refractivity contribution in [3.05, 3.63) is 75.7 Å². The SMILES string of the molecule is COc1ncc(-c2cc(C(F)(F)F)c3c(N)ncnn23)cc1C(=O)N[C@@H]1CN(C2=CCCc3c(Br)cccc32)C[C@@H]1F. The summed E-state index contributed by atoms with van der Waals surface area (Å²) in [5.41, 5.74) is 7.46. The highest BCUT2D eigenvalue weighted by Crippen LogP contribution is 2.39. The number of nitrogens with zero attached hydrogens (tertiary/aromatic N) is 5. The minimum atomic E-state index is -4.74. The van der Waals surface area contributed by atoms with Gasteiger partial charge in [0.2, 0.25) is 5.88 Å². The monoisotopic (exact) mass is 645 g/mol. The van der Waals surface area contributed by atoms with Gasteiger partial charge in [0.15, 0.2) is 5.82 Å². The summed E-state index contributed by atoms with van der Waals surface area (Å²) in [5, 5.41) is 6.67. The molecule has 1 aliphatic heterocycles. The molecule has 0 radical (unpaired) electrons. The van der Waals surface area contributed by atoms with Gasteiger partial charge in [-0.25, -0.2) is 18.9 Å². The minimum Gasteiger partial charge on any atom is -0.480 e. The second-order valence-corrected chi connectivity index (χ2v) is 10.9. The Labute approximate surface area is 245 Å². The number of rotatable bonds is 5. The Kier molecular flexibility index (Phi) is 7.03. The Hall–Kier alpha value is -4.20. The van der Waals surface area contributed by atoms with Gasteiger partial charge in [-0.3, -0.25) is 4.79 Å². The van der Waals surface area contributed by atoms with E-state index in [4.69, 9.17) is 10.5 Å². The lowest BCUT2D eigenvalue weighted by molar-refractivity contribution is -0.136. The van der Waals surface area contributed by atoms with E-state index in [-0.39, 0.29) is 41.6 Å². The highest BCUT2D eigenvalue weighted by Gasteiger charge is 2.38. The Bertz CT molecular complexity index is 1740. The summed E-state index contributed by atoms with van der Waals surface area (Å²) < 4.78 is 64.0. The van der Waals surface area contributed by atoms with Crippen LogP contribution in [-0.4, -0.2) is 62.8 Å². The Balaban J connectivity index is 1.29. The number of pyridine rings is 1. The summed E-state index contributed by atoms with van der Waals surface area (Å²) in [6, 6.07) is 7.27. The van der Waals surface area contributed by atoms with E-state index in [1.165, 1.54) is 19.4 Å². The van der Waals surface area contributed by atoms with Crippen molar-refractivity contribution in [2.24, 2.45) is 0 Å². The number of methoxy groups -OCH3 is 1. The third kappa shape index (κ3) is 4.82. The number of alkyl halides is 4. The van der Waals surface area contributed by atoms with E-state index < -0.39 is 35.4 Å². The molecule has 1 amide bonds. The number of benzene rings is 1. The van der Waals surface area contributed by atoms with Crippen LogP contribution >= 0.6 is 15.9 Å². The predicted molar refractivity (Wildman–Crippen MR) is 150 cm³/mol. The third-order valence-corrected chi connectivity index (χ3v) is 8.25. The quantitative estimate of drug-likeness (QED) is 0.297. The van der Waals surface area contributed by atoms with Crippen LogP contribution in [0.4, 0.5) is 23.4 Å². The van der Waals surface area contributed by atoms with Crippen molar-refractivity contribution in [1.82, 2.24) is 29.8 Å². The van der Waals surface area contributed by atoms with E-state index in [2.05, 4.69) is 42.4 Å². The van der Waals surface area contributed by atoms with Crippen LogP contribution in [0.5, 0.6) is 5.88 Å². The molecule has 3 N–H and O–H groups in total. The number of fused-ring (bicyclic) bond motifs is 2. The van der Waals surface area contributed by atoms with Crippen LogP contribution in [0.1, 0.15) is 33.5 Å². The number of anilines is 1. The molecule has 0 spiro atoms. The van der Waals surface area contributed by atoms with Crippen LogP contribution in [-0.2, 0) is 12.6 Å². The number of allylic oxidation sites excluding steroid dienone is 1. The molecule has 3 aromatic heterocycles. The number of carbonyl (C=O) groups is 1. The van der Waals surface area contributed by atoms with Crippen LogP contribution in [0.15, 0.2) is 53.4 Å². The number of ether oxygens (including phenoxy) is 1. The maximum atomic E-state index is 15.3. The van der Waals surface area contributed by atoms with Gasteiger partial charge in [0.1, 0.15) is 23.6 Å². The topological polar surface area (TPSA) is 111 Å². The summed E-state index contributed by atoms with van der Waals surface area (Å²) in [6.45, 7) is 0.324. The number of hydrogen-bond donors (Lipinski definition) is 2. The first-order valence-corrected chi connectivity index (χ1v) is 13.8. The van der Waals surface area contributed by atoms with Crippen molar-refractivity contribution in [2.45, 2.75) is 31.2 Å². The summed E-state index contributed by atoms with van der Waals surface area (Å²) >= 11 is 3.60. The second-order valence-electron chi connectivity index (χ2n) is 10.0. The van der Waals surface area contributed by atoms with Gasteiger partial charge in [0.05, 0.1) is 31.0 Å². The van der Waals surface area contributed by atoms with E-state index in [0.717, 1.165) is 51.0 Å². The van der Waals surface area contributed by atoms with Gasteiger partial charge in [0.25, 0.3) is 5.91 Å². The first-order valence-electron chi connectivity index (χ1n) is 13.0. The molecule has 9 nitrogen and oxygen atoms in total. The standard InChI is InChI=1S/C28H24BrF4N7O2/c1-42-27-17(8-14(10-35-27)23-9-18(28(31,32)33)24-25(34)36-13-37-40(23)24)26(41)38-21-12-39(11-20(21)30)22-7-3-4-15-16(22)5-2-6-19(15)29/h2,5-10,13,20-21H,3-4,11-12H2,1H3,(H,38,41)(H2,34,36,37)/t20-,21+/m0/s1. The van der Waals surface area contributed by atoms with Crippen molar-refractivity contribution >= 4 is 38.9 Å². The van der Waals surface area contributed by atoms with Gasteiger partial charge in [-0.1, -0.05) is 34.1 Å². The maximum absolute atomic E-state index is 15.3. The number of nitrogen functional groups attached to an aromatic ring is 1. The van der Waals surface area contributed by atoms with Crippen LogP contribution in [0.25, 0.3) is 22.5 Å². The predicted octanol–water partition coefficient (Wildman–Crippen LogP) is 4.90. The zero-order valence-corrected chi connectivity index (χ0v) is 23.7. The third-order valence-electron chi connectivity index (χ3n) is 7.51. The summed E-state index contributed by atoms with van der Waals surface area (Å²) in [5.74, 6) is -1.10. The highest BCUT2D eigenvalue weighted by atomic mass is 79.9. The zero-order chi connectivity index (χ0) is 29.8. The van der Waals surface area contributed by atoms with Gasteiger partial charge in [-0.05, 0) is 36.6 Å². The van der Waals surface area contributed by atoms with Crippen molar-refractivity contribution in [1.29, 1.82) is 0 Å². The lowest BCUT2D eigenvalue weighted by atomic mass is 9.94. The molecule has 42 heavy (non-hydrogen) atoms. The van der Waals surface area contributed by atoms with Crippen molar-refractivity contribution in [2.75, 3.05) is 25.9 Å². The fourth-order valence-electron chi connectivity index (χ4n) is 5.57. The largest absolute Gasteiger partial charge is 0.480 e. The molecule has 2 atom stereocenters. The Morgan fingerprint density at radius 2 is 2.02 bits per heavy atom. The number of halogens is 5. The van der Waals surface area contributed by atoms with Gasteiger partial charge in [-0.2, -0.15) is 18.3 Å². The lowest BCUT2D eigenvalue weighted by Gasteiger charge is -2.27. The number of likely N-dealkylation sites (tertiary alicyclic amines) is 1. The molecular formula is C28H24BrF4N7O2. The second kappa shape index (κ2) is 10.6. The van der Waals surface area contributed by atoms with Gasteiger partial charge >= 0.3 is 6.18 Å². The Morgan fingerprint density at radius 1 is 1.21 bits per heavy atom. The number of carbonyl (C=O) groups excluding carboxylic acids is 1. The number of nitrogens with two attached hydrogens (primary N) is 1. The summed E-state index contributed by atoms with van der Waals surface area (Å²) in [6.07, 6.45) is -0.0491. The summed E-state index contributed by atoms with van der Waals surface area (Å²) in [7, 11) is 1.31. The van der Waals surface area contributed by atoms with E-state index >= 15 is 4.39 Å². The average molecular weight is 646 g/mol. The number of nitrogens with one attached hydrogen (secondary N) is 1.